The fourth-order valence-corrected chi connectivity index (χ4v) is 4.85. The van der Waals surface area contributed by atoms with Crippen LogP contribution in [0.15, 0.2) is 29.2 Å². The second-order valence-corrected chi connectivity index (χ2v) is 10.6. The highest BCUT2D eigenvalue weighted by Gasteiger charge is 2.34. The normalized spacial score (nSPS) is 25.3. The van der Waals surface area contributed by atoms with Gasteiger partial charge in [0.25, 0.3) is 0 Å². The zero-order chi connectivity index (χ0) is 21.1. The zero-order valence-electron chi connectivity index (χ0n) is 17.4. The van der Waals surface area contributed by atoms with Gasteiger partial charge in [-0.2, -0.15) is 0 Å². The molecule has 1 heterocycles. The van der Waals surface area contributed by atoms with Crippen molar-refractivity contribution in [3.63, 3.8) is 0 Å². The van der Waals surface area contributed by atoms with E-state index in [1.807, 2.05) is 12.1 Å². The van der Waals surface area contributed by atoms with Crippen molar-refractivity contribution in [1.82, 2.24) is 10.0 Å². The standard InChI is InChI=1S/C21H32N2O5S/c1-21(2,3)15-4-7-17(8-5-15)29(25,26)22-11-10-20(24)23-16-6-9-18-19(14-16)28-13-12-27-18/h4-5,7-8,16,18-19,22H,6,9-14H2,1-3H3,(H,23,24). The summed E-state index contributed by atoms with van der Waals surface area (Å²) < 4.78 is 38.8. The molecule has 0 spiro atoms. The van der Waals surface area contributed by atoms with Gasteiger partial charge in [-0.3, -0.25) is 4.79 Å². The Morgan fingerprint density at radius 1 is 1.07 bits per heavy atom. The van der Waals surface area contributed by atoms with Gasteiger partial charge in [-0.25, -0.2) is 13.1 Å². The lowest BCUT2D eigenvalue weighted by Crippen LogP contribution is -2.49. The van der Waals surface area contributed by atoms with Crippen molar-refractivity contribution in [1.29, 1.82) is 0 Å². The van der Waals surface area contributed by atoms with E-state index in [0.29, 0.717) is 13.2 Å². The first-order valence-electron chi connectivity index (χ1n) is 10.3. The Bertz CT molecular complexity index is 801. The Morgan fingerprint density at radius 2 is 1.72 bits per heavy atom. The van der Waals surface area contributed by atoms with Gasteiger partial charge < -0.3 is 14.8 Å². The summed E-state index contributed by atoms with van der Waals surface area (Å²) in [6.45, 7) is 7.53. The molecule has 162 valence electrons. The van der Waals surface area contributed by atoms with Crippen LogP contribution in [0.5, 0.6) is 0 Å². The summed E-state index contributed by atoms with van der Waals surface area (Å²) in [7, 11) is -3.63. The third-order valence-electron chi connectivity index (χ3n) is 5.52. The van der Waals surface area contributed by atoms with E-state index in [1.54, 1.807) is 12.1 Å². The number of sulfonamides is 1. The minimum atomic E-state index is -3.63. The Morgan fingerprint density at radius 3 is 2.38 bits per heavy atom. The molecule has 0 radical (unpaired) electrons. The quantitative estimate of drug-likeness (QED) is 0.729. The minimum Gasteiger partial charge on any atom is -0.373 e. The molecule has 1 saturated carbocycles. The van der Waals surface area contributed by atoms with Gasteiger partial charge in [-0.15, -0.1) is 0 Å². The monoisotopic (exact) mass is 424 g/mol. The molecule has 3 unspecified atom stereocenters. The van der Waals surface area contributed by atoms with Crippen LogP contribution in [0.25, 0.3) is 0 Å². The lowest BCUT2D eigenvalue weighted by molar-refractivity contribution is -0.158. The summed E-state index contributed by atoms with van der Waals surface area (Å²) in [4.78, 5) is 12.4. The number of hydrogen-bond acceptors (Lipinski definition) is 5. The number of amides is 1. The third-order valence-corrected chi connectivity index (χ3v) is 7.00. The SMILES string of the molecule is CC(C)(C)c1ccc(S(=O)(=O)NCCC(=O)NC2CCC3OCCOC3C2)cc1. The Kier molecular flexibility index (Phi) is 6.98. The predicted molar refractivity (Wildman–Crippen MR) is 110 cm³/mol. The van der Waals surface area contributed by atoms with Crippen molar-refractivity contribution in [2.75, 3.05) is 19.8 Å². The maximum Gasteiger partial charge on any atom is 0.240 e. The molecule has 8 heteroatoms. The lowest BCUT2D eigenvalue weighted by atomic mass is 9.87. The van der Waals surface area contributed by atoms with Crippen molar-refractivity contribution in [2.45, 2.75) is 75.0 Å². The van der Waals surface area contributed by atoms with Crippen LogP contribution >= 0.6 is 0 Å². The molecule has 1 aliphatic carbocycles. The van der Waals surface area contributed by atoms with E-state index in [9.17, 15) is 13.2 Å². The highest BCUT2D eigenvalue weighted by atomic mass is 32.2. The van der Waals surface area contributed by atoms with Gasteiger partial charge >= 0.3 is 0 Å². The van der Waals surface area contributed by atoms with Crippen LogP contribution in [-0.2, 0) is 29.7 Å². The molecular weight excluding hydrogens is 392 g/mol. The molecule has 0 bridgehead atoms. The van der Waals surface area contributed by atoms with Crippen LogP contribution in [0.4, 0.5) is 0 Å². The van der Waals surface area contributed by atoms with E-state index < -0.39 is 10.0 Å². The topological polar surface area (TPSA) is 93.7 Å². The third kappa shape index (κ3) is 6.01. The highest BCUT2D eigenvalue weighted by Crippen LogP contribution is 2.27. The molecular formula is C21H32N2O5S. The van der Waals surface area contributed by atoms with Crippen LogP contribution in [0.1, 0.15) is 52.0 Å². The Balaban J connectivity index is 1.44. The zero-order valence-corrected chi connectivity index (χ0v) is 18.3. The molecule has 2 aliphatic rings. The highest BCUT2D eigenvalue weighted by molar-refractivity contribution is 7.89. The summed E-state index contributed by atoms with van der Waals surface area (Å²) in [6.07, 6.45) is 2.73. The van der Waals surface area contributed by atoms with Gasteiger partial charge in [-0.05, 0) is 42.4 Å². The van der Waals surface area contributed by atoms with Gasteiger partial charge in [0.1, 0.15) is 0 Å². The van der Waals surface area contributed by atoms with E-state index in [2.05, 4.69) is 30.8 Å². The number of rotatable bonds is 6. The van der Waals surface area contributed by atoms with Crippen molar-refractivity contribution < 1.29 is 22.7 Å². The maximum atomic E-state index is 12.4. The molecule has 1 amide bonds. The van der Waals surface area contributed by atoms with E-state index in [4.69, 9.17) is 9.47 Å². The van der Waals surface area contributed by atoms with Gasteiger partial charge in [0.15, 0.2) is 0 Å². The van der Waals surface area contributed by atoms with Crippen molar-refractivity contribution >= 4 is 15.9 Å². The van der Waals surface area contributed by atoms with Gasteiger partial charge in [0, 0.05) is 19.0 Å². The van der Waals surface area contributed by atoms with Gasteiger partial charge in [-0.1, -0.05) is 32.9 Å². The van der Waals surface area contributed by atoms with E-state index >= 15 is 0 Å². The molecule has 29 heavy (non-hydrogen) atoms. The fourth-order valence-electron chi connectivity index (χ4n) is 3.81. The smallest absolute Gasteiger partial charge is 0.240 e. The van der Waals surface area contributed by atoms with E-state index in [1.165, 1.54) is 0 Å². The van der Waals surface area contributed by atoms with Gasteiger partial charge in [0.05, 0.1) is 30.3 Å². The number of nitrogens with one attached hydrogen (secondary N) is 2. The number of carbonyl (C=O) groups excluding carboxylic acids is 1. The summed E-state index contributed by atoms with van der Waals surface area (Å²) in [5.41, 5.74) is 1.03. The second-order valence-electron chi connectivity index (χ2n) is 8.82. The van der Waals surface area contributed by atoms with Gasteiger partial charge in [0.2, 0.25) is 15.9 Å². The molecule has 1 aromatic carbocycles. The first-order chi connectivity index (χ1) is 13.6. The van der Waals surface area contributed by atoms with Crippen molar-refractivity contribution in [3.05, 3.63) is 29.8 Å². The fraction of sp³-hybridized carbons (Fsp3) is 0.667. The lowest BCUT2D eigenvalue weighted by Gasteiger charge is -2.39. The Labute approximate surface area is 173 Å². The van der Waals surface area contributed by atoms with Crippen molar-refractivity contribution in [3.8, 4) is 0 Å². The van der Waals surface area contributed by atoms with Crippen LogP contribution in [0.2, 0.25) is 0 Å². The number of carbonyl (C=O) groups is 1. The minimum absolute atomic E-state index is 0.0392. The molecule has 1 aliphatic heterocycles. The molecule has 7 nitrogen and oxygen atoms in total. The predicted octanol–water partition coefficient (Wildman–Crippen LogP) is 2.11. The number of benzene rings is 1. The van der Waals surface area contributed by atoms with E-state index in [-0.39, 0.29) is 47.4 Å². The van der Waals surface area contributed by atoms with Crippen LogP contribution in [-0.4, -0.2) is 52.3 Å². The number of fused-ring (bicyclic) bond motifs is 1. The van der Waals surface area contributed by atoms with Crippen LogP contribution < -0.4 is 10.0 Å². The molecule has 3 atom stereocenters. The molecule has 1 saturated heterocycles. The summed E-state index contributed by atoms with van der Waals surface area (Å²) >= 11 is 0. The van der Waals surface area contributed by atoms with E-state index in [0.717, 1.165) is 24.8 Å². The first kappa shape index (κ1) is 22.2. The summed E-state index contributed by atoms with van der Waals surface area (Å²) in [6, 6.07) is 6.91. The first-order valence-corrected chi connectivity index (χ1v) is 11.8. The van der Waals surface area contributed by atoms with Crippen LogP contribution in [0, 0.1) is 0 Å². The average molecular weight is 425 g/mol. The maximum absolute atomic E-state index is 12.4. The molecule has 0 aromatic heterocycles. The molecule has 1 aromatic rings. The number of ether oxygens (including phenoxy) is 2. The Hall–Kier alpha value is -1.48. The second kappa shape index (κ2) is 9.12. The molecule has 2 N–H and O–H groups in total. The average Bonchev–Trinajstić information content (AvgIpc) is 2.67. The molecule has 2 fully saturated rings. The number of hydrogen-bond donors (Lipinski definition) is 2. The van der Waals surface area contributed by atoms with Crippen LogP contribution in [0.3, 0.4) is 0 Å². The van der Waals surface area contributed by atoms with Crippen molar-refractivity contribution in [2.24, 2.45) is 0 Å². The molecule has 3 rings (SSSR count). The summed E-state index contributed by atoms with van der Waals surface area (Å²) in [5, 5.41) is 2.99. The summed E-state index contributed by atoms with van der Waals surface area (Å²) in [5.74, 6) is -0.157. The largest absolute Gasteiger partial charge is 0.373 e.